The van der Waals surface area contributed by atoms with Gasteiger partial charge in [-0.2, -0.15) is 10.2 Å². The lowest BCUT2D eigenvalue weighted by molar-refractivity contribution is 1.04. The van der Waals surface area contributed by atoms with Gasteiger partial charge in [0.15, 0.2) is 0 Å². The molecule has 0 aliphatic rings. The van der Waals surface area contributed by atoms with Gasteiger partial charge in [0, 0.05) is 41.0 Å². The number of nitrogens with zero attached hydrogens (tertiary/aromatic N) is 5. The van der Waals surface area contributed by atoms with E-state index in [1.165, 1.54) is 0 Å². The molecule has 0 unspecified atom stereocenters. The number of nitrogens with two attached hydrogens (primary N) is 1. The third kappa shape index (κ3) is 7.67. The Labute approximate surface area is 348 Å². The monoisotopic (exact) mass is 779 g/mol. The van der Waals surface area contributed by atoms with Crippen molar-refractivity contribution in [3.8, 4) is 89.5 Å². The number of pyridine rings is 3. The molecule has 290 valence electrons. The van der Waals surface area contributed by atoms with Crippen LogP contribution in [0.2, 0.25) is 0 Å². The molecule has 0 spiro atoms. The van der Waals surface area contributed by atoms with E-state index >= 15 is 0 Å². The van der Waals surface area contributed by atoms with Crippen LogP contribution in [0.1, 0.15) is 24.0 Å². The molecule has 0 bridgehead atoms. The van der Waals surface area contributed by atoms with Crippen molar-refractivity contribution in [3.63, 3.8) is 0 Å². The van der Waals surface area contributed by atoms with Gasteiger partial charge in [0.2, 0.25) is 0 Å². The Morgan fingerprint density at radius 1 is 0.483 bits per heavy atom. The highest BCUT2D eigenvalue weighted by Crippen LogP contribution is 2.42. The van der Waals surface area contributed by atoms with Gasteiger partial charge in [0.1, 0.15) is 0 Å². The summed E-state index contributed by atoms with van der Waals surface area (Å²) >= 11 is 0. The molecule has 0 saturated heterocycles. The van der Waals surface area contributed by atoms with E-state index in [1.807, 2.05) is 68.8 Å². The van der Waals surface area contributed by atoms with E-state index in [-0.39, 0.29) is 0 Å². The molecule has 5 N–H and O–H groups in total. The number of aryl methyl sites for hydroxylation is 2. The molecule has 0 saturated carbocycles. The van der Waals surface area contributed by atoms with Gasteiger partial charge in [-0.25, -0.2) is 0 Å². The minimum atomic E-state index is 0.373. The van der Waals surface area contributed by atoms with Crippen molar-refractivity contribution in [2.75, 3.05) is 0 Å². The van der Waals surface area contributed by atoms with Crippen LogP contribution in [0.25, 0.3) is 95.2 Å². The summed E-state index contributed by atoms with van der Waals surface area (Å²) in [5.74, 6) is 0. The van der Waals surface area contributed by atoms with E-state index in [2.05, 4.69) is 124 Å². The average molecular weight is 780 g/mol. The average Bonchev–Trinajstić information content (AvgIpc) is 3.94. The van der Waals surface area contributed by atoms with E-state index in [4.69, 9.17) is 26.1 Å². The van der Waals surface area contributed by atoms with Crippen LogP contribution in [-0.4, -0.2) is 41.1 Å². The van der Waals surface area contributed by atoms with Crippen LogP contribution in [0.3, 0.4) is 0 Å². The van der Waals surface area contributed by atoms with E-state index in [9.17, 15) is 0 Å². The number of aromatic nitrogens is 7. The van der Waals surface area contributed by atoms with E-state index in [1.54, 1.807) is 13.0 Å². The zero-order chi connectivity index (χ0) is 41.2. The molecule has 9 nitrogen and oxygen atoms in total. The second-order valence-corrected chi connectivity index (χ2v) is 14.9. The summed E-state index contributed by atoms with van der Waals surface area (Å²) in [6, 6.07) is 48.5. The van der Waals surface area contributed by atoms with Crippen molar-refractivity contribution in [1.82, 2.24) is 35.3 Å². The predicted molar refractivity (Wildman–Crippen MR) is 243 cm³/mol. The van der Waals surface area contributed by atoms with Crippen molar-refractivity contribution in [2.24, 2.45) is 5.73 Å². The Balaban J connectivity index is 1.19. The number of nitrogens with one attached hydrogen (secondary N) is 3. The first-order chi connectivity index (χ1) is 29.3. The summed E-state index contributed by atoms with van der Waals surface area (Å²) in [4.78, 5) is 14.4. The summed E-state index contributed by atoms with van der Waals surface area (Å²) in [6.07, 6.45) is 7.34. The molecule has 0 fully saturated rings. The number of H-pyrrole nitrogens is 2. The molecule has 0 atom stereocenters. The first-order valence-corrected chi connectivity index (χ1v) is 19.7. The van der Waals surface area contributed by atoms with Crippen LogP contribution in [0.15, 0.2) is 164 Å². The van der Waals surface area contributed by atoms with Gasteiger partial charge in [-0.3, -0.25) is 25.1 Å². The van der Waals surface area contributed by atoms with Gasteiger partial charge in [0.05, 0.1) is 45.6 Å². The van der Waals surface area contributed by atoms with Crippen molar-refractivity contribution in [3.05, 3.63) is 181 Å². The van der Waals surface area contributed by atoms with Gasteiger partial charge in [-0.1, -0.05) is 91.0 Å². The summed E-state index contributed by atoms with van der Waals surface area (Å²) < 4.78 is 0. The van der Waals surface area contributed by atoms with Gasteiger partial charge >= 0.3 is 0 Å². The standard InChI is InChI=1S/C51H41N9/c1-31(52)22-46(53)47-19-16-34(28-54-47)40-10-4-7-13-43(40)37-25-38(44-14-8-5-11-41(44)35-17-20-48(55-29-35)50-23-32(2)57-59-50)27-39(26-37)45-15-9-6-12-42(45)36-18-21-49(56-30-36)51-24-33(3)58-60-51/h4-30,52H,53H2,1-3H3,(H,57,59)(H,58,60)/b46-22-,52-31?. The fraction of sp³-hybridized carbons (Fsp3) is 0.0588. The predicted octanol–water partition coefficient (Wildman–Crippen LogP) is 11.6. The van der Waals surface area contributed by atoms with Crippen LogP contribution in [0.5, 0.6) is 0 Å². The smallest absolute Gasteiger partial charge is 0.0880 e. The number of aromatic amines is 2. The lowest BCUT2D eigenvalue weighted by Gasteiger charge is -2.18. The highest BCUT2D eigenvalue weighted by Gasteiger charge is 2.17. The Bertz CT molecular complexity index is 2880. The molecule has 5 aromatic heterocycles. The molecule has 0 radical (unpaired) electrons. The second kappa shape index (κ2) is 16.1. The van der Waals surface area contributed by atoms with Crippen molar-refractivity contribution < 1.29 is 0 Å². The molecule has 60 heavy (non-hydrogen) atoms. The largest absolute Gasteiger partial charge is 0.397 e. The van der Waals surface area contributed by atoms with Crippen LogP contribution in [-0.2, 0) is 0 Å². The summed E-state index contributed by atoms with van der Waals surface area (Å²) in [6.45, 7) is 5.62. The summed E-state index contributed by atoms with van der Waals surface area (Å²) in [7, 11) is 0. The molecule has 9 heteroatoms. The van der Waals surface area contributed by atoms with Crippen LogP contribution >= 0.6 is 0 Å². The van der Waals surface area contributed by atoms with Crippen molar-refractivity contribution in [2.45, 2.75) is 20.8 Å². The fourth-order valence-corrected chi connectivity index (χ4v) is 7.62. The first kappa shape index (κ1) is 37.5. The molecule has 9 aromatic rings. The Morgan fingerprint density at radius 3 is 1.15 bits per heavy atom. The van der Waals surface area contributed by atoms with Crippen LogP contribution in [0, 0.1) is 19.3 Å². The number of benzene rings is 4. The molecular formula is C51H41N9. The lowest BCUT2D eigenvalue weighted by atomic mass is 9.86. The SMILES string of the molecule is CC(=N)/C=C(\N)c1ccc(-c2ccccc2-c2cc(-c3ccccc3-c3ccc(-c4cc(C)n[nH]4)nc3)cc(-c3ccccc3-c3ccc(-c4cc(C)n[nH]4)nc3)c2)cn1. The minimum absolute atomic E-state index is 0.373. The molecule has 9 rings (SSSR count). The maximum atomic E-state index is 7.84. The normalized spacial score (nSPS) is 11.5. The Hall–Kier alpha value is -8.04. The van der Waals surface area contributed by atoms with Gasteiger partial charge < -0.3 is 11.1 Å². The molecular weight excluding hydrogens is 739 g/mol. The number of hydrogen-bond donors (Lipinski definition) is 4. The van der Waals surface area contributed by atoms with E-state index in [0.717, 1.165) is 101 Å². The fourth-order valence-electron chi connectivity index (χ4n) is 7.62. The Kier molecular flexibility index (Phi) is 10.1. The molecule has 5 heterocycles. The van der Waals surface area contributed by atoms with Crippen LogP contribution in [0.4, 0.5) is 0 Å². The van der Waals surface area contributed by atoms with E-state index in [0.29, 0.717) is 17.1 Å². The molecule has 4 aromatic carbocycles. The van der Waals surface area contributed by atoms with Crippen LogP contribution < -0.4 is 5.73 Å². The maximum Gasteiger partial charge on any atom is 0.0880 e. The number of allylic oxidation sites excluding steroid dienone is 1. The quantitative estimate of drug-likeness (QED) is 0.102. The van der Waals surface area contributed by atoms with Crippen molar-refractivity contribution in [1.29, 1.82) is 5.41 Å². The third-order valence-corrected chi connectivity index (χ3v) is 10.5. The topological polar surface area (TPSA) is 146 Å². The third-order valence-electron chi connectivity index (χ3n) is 10.5. The maximum absolute atomic E-state index is 7.84. The highest BCUT2D eigenvalue weighted by atomic mass is 15.1. The zero-order valence-electron chi connectivity index (χ0n) is 33.4. The minimum Gasteiger partial charge on any atom is -0.397 e. The zero-order valence-corrected chi connectivity index (χ0v) is 33.4. The second-order valence-electron chi connectivity index (χ2n) is 14.9. The van der Waals surface area contributed by atoms with Gasteiger partial charge in [-0.05, 0) is 125 Å². The molecule has 0 aliphatic carbocycles. The van der Waals surface area contributed by atoms with Gasteiger partial charge in [-0.15, -0.1) is 0 Å². The molecule has 0 amide bonds. The number of rotatable bonds is 10. The molecule has 0 aliphatic heterocycles. The summed E-state index contributed by atoms with van der Waals surface area (Å²) in [5, 5.41) is 22.6. The Morgan fingerprint density at radius 2 is 0.850 bits per heavy atom. The van der Waals surface area contributed by atoms with Crippen molar-refractivity contribution >= 4 is 11.4 Å². The van der Waals surface area contributed by atoms with Gasteiger partial charge in [0.25, 0.3) is 0 Å². The lowest BCUT2D eigenvalue weighted by Crippen LogP contribution is -2.01. The highest BCUT2D eigenvalue weighted by molar-refractivity contribution is 5.97. The number of hydrogen-bond acceptors (Lipinski definition) is 7. The first-order valence-electron chi connectivity index (χ1n) is 19.7. The summed E-state index contributed by atoms with van der Waals surface area (Å²) in [5.41, 5.74) is 25.6. The van der Waals surface area contributed by atoms with E-state index < -0.39 is 0 Å².